The van der Waals surface area contributed by atoms with Gasteiger partial charge in [0.05, 0.1) is 6.04 Å². The second-order valence-electron chi connectivity index (χ2n) is 4.56. The largest absolute Gasteiger partial charge is 0.333 e. The summed E-state index contributed by atoms with van der Waals surface area (Å²) in [6, 6.07) is 0.223. The van der Waals surface area contributed by atoms with Crippen molar-refractivity contribution in [1.82, 2.24) is 4.90 Å². The number of nitrogens with zero attached hydrogens (tertiary/aromatic N) is 1. The molecule has 2 N–H and O–H groups in total. The van der Waals surface area contributed by atoms with E-state index in [1.165, 1.54) is 26.3 Å². The van der Waals surface area contributed by atoms with Crippen LogP contribution in [0.5, 0.6) is 0 Å². The molecule has 0 aromatic rings. The van der Waals surface area contributed by atoms with E-state index in [1.807, 2.05) is 13.8 Å². The highest BCUT2D eigenvalue weighted by Gasteiger charge is 2.48. The minimum absolute atomic E-state index is 0.223. The number of hydrogen-bond acceptors (Lipinski definition) is 3. The molecule has 0 radical (unpaired) electrons. The van der Waals surface area contributed by atoms with Crippen molar-refractivity contribution in [2.75, 3.05) is 20.6 Å². The number of Topliss-reactive ketones (excluding diaryl/α,β-unsaturated/α-hetero) is 1. The lowest BCUT2D eigenvalue weighted by molar-refractivity contribution is -0.123. The molecule has 0 unspecified atom stereocenters. The summed E-state index contributed by atoms with van der Waals surface area (Å²) in [5, 5.41) is 0. The summed E-state index contributed by atoms with van der Waals surface area (Å²) in [6.45, 7) is 6.84. The molecule has 2 rings (SSSR count). The van der Waals surface area contributed by atoms with Gasteiger partial charge in [-0.25, -0.2) is 0 Å². The predicted molar refractivity (Wildman–Crippen MR) is 69.5 cm³/mol. The van der Waals surface area contributed by atoms with Crippen LogP contribution in [0.15, 0.2) is 0 Å². The van der Waals surface area contributed by atoms with Crippen LogP contribution in [0, 0.1) is 5.41 Å². The molecule has 3 nitrogen and oxygen atoms in total. The fourth-order valence-corrected chi connectivity index (χ4v) is 2.32. The SMILES string of the molecule is CC.CC(=O)[C@@H]1CC2(CCN1C)CC2.CN. The molecule has 1 aliphatic heterocycles. The van der Waals surface area contributed by atoms with Crippen LogP contribution in [-0.4, -0.2) is 37.4 Å². The van der Waals surface area contributed by atoms with E-state index >= 15 is 0 Å². The summed E-state index contributed by atoms with van der Waals surface area (Å²) >= 11 is 0. The molecule has 0 bridgehead atoms. The Bertz CT molecular complexity index is 212. The first kappa shape index (κ1) is 15.6. The Morgan fingerprint density at radius 3 is 2.12 bits per heavy atom. The van der Waals surface area contributed by atoms with Gasteiger partial charge in [-0.1, -0.05) is 13.8 Å². The molecule has 0 aromatic heterocycles. The van der Waals surface area contributed by atoms with Gasteiger partial charge in [0.2, 0.25) is 0 Å². The van der Waals surface area contributed by atoms with E-state index in [0.29, 0.717) is 11.2 Å². The van der Waals surface area contributed by atoms with Gasteiger partial charge in [0.25, 0.3) is 0 Å². The second kappa shape index (κ2) is 7.02. The lowest BCUT2D eigenvalue weighted by Gasteiger charge is -2.35. The molecule has 1 aliphatic carbocycles. The number of likely N-dealkylation sites (N-methyl/N-ethyl adjacent to an activating group) is 1. The molecule has 0 aromatic carbocycles. The van der Waals surface area contributed by atoms with Crippen molar-refractivity contribution in [1.29, 1.82) is 0 Å². The lowest BCUT2D eigenvalue weighted by Crippen LogP contribution is -2.44. The first-order valence-corrected chi connectivity index (χ1v) is 6.41. The van der Waals surface area contributed by atoms with Gasteiger partial charge >= 0.3 is 0 Å². The average Bonchev–Trinajstić information content (AvgIpc) is 3.07. The van der Waals surface area contributed by atoms with E-state index in [4.69, 9.17) is 0 Å². The Kier molecular flexibility index (Phi) is 6.84. The van der Waals surface area contributed by atoms with Crippen LogP contribution < -0.4 is 5.73 Å². The number of rotatable bonds is 1. The highest BCUT2D eigenvalue weighted by molar-refractivity contribution is 5.81. The van der Waals surface area contributed by atoms with Crippen LogP contribution in [0.4, 0.5) is 0 Å². The molecule has 2 fully saturated rings. The minimum Gasteiger partial charge on any atom is -0.333 e. The van der Waals surface area contributed by atoms with Gasteiger partial charge in [-0.05, 0) is 58.7 Å². The molecule has 0 amide bonds. The van der Waals surface area contributed by atoms with Crippen LogP contribution >= 0.6 is 0 Å². The van der Waals surface area contributed by atoms with Gasteiger partial charge in [0, 0.05) is 0 Å². The Labute approximate surface area is 100 Å². The number of piperidine rings is 1. The fourth-order valence-electron chi connectivity index (χ4n) is 2.32. The van der Waals surface area contributed by atoms with E-state index in [1.54, 1.807) is 6.92 Å². The zero-order chi connectivity index (χ0) is 12.8. The van der Waals surface area contributed by atoms with Crippen molar-refractivity contribution in [2.45, 2.75) is 52.5 Å². The van der Waals surface area contributed by atoms with Crippen LogP contribution in [0.3, 0.4) is 0 Å². The van der Waals surface area contributed by atoms with E-state index in [-0.39, 0.29) is 6.04 Å². The van der Waals surface area contributed by atoms with Crippen LogP contribution in [0.25, 0.3) is 0 Å². The molecule has 2 aliphatic rings. The topological polar surface area (TPSA) is 46.3 Å². The Morgan fingerprint density at radius 1 is 1.25 bits per heavy atom. The maximum Gasteiger partial charge on any atom is 0.146 e. The third-order valence-corrected chi connectivity index (χ3v) is 3.58. The standard InChI is InChI=1S/C10H17NO.C2H6.CH5N/c1-8(12)9-7-10(3-4-10)5-6-11(9)2;2*1-2/h9H,3-7H2,1-2H3;1-2H3;2H2,1H3/t9-;;/m0../s1. The molecule has 1 heterocycles. The van der Waals surface area contributed by atoms with Crippen molar-refractivity contribution in [2.24, 2.45) is 11.1 Å². The van der Waals surface area contributed by atoms with Gasteiger partial charge < -0.3 is 5.73 Å². The third kappa shape index (κ3) is 3.87. The van der Waals surface area contributed by atoms with Crippen LogP contribution in [0.1, 0.15) is 46.5 Å². The molecule has 1 saturated heterocycles. The zero-order valence-corrected chi connectivity index (χ0v) is 11.5. The van der Waals surface area contributed by atoms with Gasteiger partial charge in [-0.3, -0.25) is 9.69 Å². The summed E-state index contributed by atoms with van der Waals surface area (Å²) in [4.78, 5) is 13.5. The first-order valence-electron chi connectivity index (χ1n) is 6.41. The summed E-state index contributed by atoms with van der Waals surface area (Å²) < 4.78 is 0. The highest BCUT2D eigenvalue weighted by atomic mass is 16.1. The fraction of sp³-hybridized carbons (Fsp3) is 0.923. The summed E-state index contributed by atoms with van der Waals surface area (Å²) in [5.74, 6) is 0.350. The number of likely N-dealkylation sites (tertiary alicyclic amines) is 1. The Balaban J connectivity index is 0.000000509. The van der Waals surface area contributed by atoms with Crippen molar-refractivity contribution in [3.8, 4) is 0 Å². The summed E-state index contributed by atoms with van der Waals surface area (Å²) in [5.41, 5.74) is 5.10. The summed E-state index contributed by atoms with van der Waals surface area (Å²) in [7, 11) is 3.57. The van der Waals surface area contributed by atoms with Crippen molar-refractivity contribution < 1.29 is 4.79 Å². The molecular formula is C13H28N2O. The molecule has 1 saturated carbocycles. The average molecular weight is 228 g/mol. The quantitative estimate of drug-likeness (QED) is 0.747. The Morgan fingerprint density at radius 2 is 1.75 bits per heavy atom. The molecule has 3 heteroatoms. The predicted octanol–water partition coefficient (Wildman–Crippen LogP) is 2.05. The smallest absolute Gasteiger partial charge is 0.146 e. The maximum absolute atomic E-state index is 11.3. The van der Waals surface area contributed by atoms with E-state index in [0.717, 1.165) is 13.0 Å². The molecule has 96 valence electrons. The number of carbonyl (C=O) groups is 1. The number of hydrogen-bond donors (Lipinski definition) is 1. The summed E-state index contributed by atoms with van der Waals surface area (Å²) in [6.07, 6.45) is 5.17. The van der Waals surface area contributed by atoms with E-state index in [9.17, 15) is 4.79 Å². The minimum atomic E-state index is 0.223. The Hall–Kier alpha value is -0.410. The van der Waals surface area contributed by atoms with Gasteiger partial charge in [0.15, 0.2) is 0 Å². The van der Waals surface area contributed by atoms with Crippen molar-refractivity contribution in [3.05, 3.63) is 0 Å². The molecule has 1 spiro atoms. The van der Waals surface area contributed by atoms with Gasteiger partial charge in [-0.2, -0.15) is 0 Å². The number of ketones is 1. The normalized spacial score (nSPS) is 26.0. The zero-order valence-electron chi connectivity index (χ0n) is 11.5. The van der Waals surface area contributed by atoms with Gasteiger partial charge in [-0.15, -0.1) is 0 Å². The first-order chi connectivity index (χ1) is 7.63. The second-order valence-corrected chi connectivity index (χ2v) is 4.56. The monoisotopic (exact) mass is 228 g/mol. The van der Waals surface area contributed by atoms with Gasteiger partial charge in [0.1, 0.15) is 5.78 Å². The van der Waals surface area contributed by atoms with E-state index in [2.05, 4.69) is 17.7 Å². The third-order valence-electron chi connectivity index (χ3n) is 3.58. The highest BCUT2D eigenvalue weighted by Crippen LogP contribution is 2.54. The molecular weight excluding hydrogens is 200 g/mol. The van der Waals surface area contributed by atoms with E-state index < -0.39 is 0 Å². The van der Waals surface area contributed by atoms with Crippen molar-refractivity contribution in [3.63, 3.8) is 0 Å². The van der Waals surface area contributed by atoms with Crippen LogP contribution in [-0.2, 0) is 4.79 Å². The van der Waals surface area contributed by atoms with Crippen LogP contribution in [0.2, 0.25) is 0 Å². The maximum atomic E-state index is 11.3. The van der Waals surface area contributed by atoms with Crippen molar-refractivity contribution >= 4 is 5.78 Å². The molecule has 1 atom stereocenters. The number of carbonyl (C=O) groups excluding carboxylic acids is 1. The molecule has 16 heavy (non-hydrogen) atoms. The lowest BCUT2D eigenvalue weighted by atomic mass is 9.87. The number of nitrogens with two attached hydrogens (primary N) is 1.